The molecule has 1 saturated heterocycles. The van der Waals surface area contributed by atoms with Gasteiger partial charge in [0.25, 0.3) is 0 Å². The van der Waals surface area contributed by atoms with Crippen LogP contribution in [0.4, 0.5) is 4.39 Å². The summed E-state index contributed by atoms with van der Waals surface area (Å²) in [5.74, 6) is 0.151. The average Bonchev–Trinajstić information content (AvgIpc) is 1.91. The van der Waals surface area contributed by atoms with Gasteiger partial charge in [0.1, 0.15) is 5.82 Å². The van der Waals surface area contributed by atoms with Gasteiger partial charge in [0.15, 0.2) is 0 Å². The summed E-state index contributed by atoms with van der Waals surface area (Å²) in [5, 5.41) is 3.15. The van der Waals surface area contributed by atoms with Crippen LogP contribution in [0.2, 0.25) is 0 Å². The first kappa shape index (κ1) is 8.13. The van der Waals surface area contributed by atoms with E-state index in [-0.39, 0.29) is 5.82 Å². The molecule has 1 fully saturated rings. The van der Waals surface area contributed by atoms with E-state index in [0.29, 0.717) is 5.92 Å². The summed E-state index contributed by atoms with van der Waals surface area (Å²) >= 11 is 3.29. The lowest BCUT2D eigenvalue weighted by atomic mass is 9.99. The van der Waals surface area contributed by atoms with Gasteiger partial charge in [-0.1, -0.05) is 0 Å². The van der Waals surface area contributed by atoms with Crippen molar-refractivity contribution in [1.29, 1.82) is 0 Å². The Bertz CT molecular complexity index is 299. The third-order valence-electron chi connectivity index (χ3n) is 2.00. The predicted molar refractivity (Wildman–Crippen MR) is 47.5 cm³/mol. The third-order valence-corrected chi connectivity index (χ3v) is 2.64. The highest BCUT2D eigenvalue weighted by Gasteiger charge is 2.22. The summed E-state index contributed by atoms with van der Waals surface area (Å²) < 4.78 is 13.4. The fourth-order valence-corrected chi connectivity index (χ4v) is 1.85. The van der Waals surface area contributed by atoms with Gasteiger partial charge < -0.3 is 5.32 Å². The Morgan fingerprint density at radius 3 is 2.83 bits per heavy atom. The van der Waals surface area contributed by atoms with Gasteiger partial charge in [-0.25, -0.2) is 4.39 Å². The van der Waals surface area contributed by atoms with Crippen molar-refractivity contribution in [3.05, 3.63) is 28.2 Å². The molecule has 0 aliphatic carbocycles. The monoisotopic (exact) mass is 230 g/mol. The summed E-state index contributed by atoms with van der Waals surface area (Å²) in [5.41, 5.74) is 0.954. The molecular formula is C8H8BrFN2. The molecule has 0 atom stereocenters. The number of hydrogen-bond acceptors (Lipinski definition) is 2. The molecule has 2 rings (SSSR count). The van der Waals surface area contributed by atoms with Gasteiger partial charge >= 0.3 is 0 Å². The molecule has 0 spiro atoms. The van der Waals surface area contributed by atoms with Crippen molar-refractivity contribution in [3.8, 4) is 0 Å². The molecule has 12 heavy (non-hydrogen) atoms. The zero-order valence-corrected chi connectivity index (χ0v) is 7.94. The molecule has 1 aromatic heterocycles. The first-order valence-electron chi connectivity index (χ1n) is 3.79. The molecule has 1 N–H and O–H groups in total. The van der Waals surface area contributed by atoms with Crippen LogP contribution in [0.5, 0.6) is 0 Å². The molecule has 1 aliphatic rings. The highest BCUT2D eigenvalue weighted by molar-refractivity contribution is 9.10. The number of nitrogens with zero attached hydrogens (tertiary/aromatic N) is 1. The molecular weight excluding hydrogens is 223 g/mol. The van der Waals surface area contributed by atoms with Gasteiger partial charge in [-0.2, -0.15) is 0 Å². The van der Waals surface area contributed by atoms with Gasteiger partial charge in [-0.15, -0.1) is 0 Å². The SMILES string of the molecule is Fc1cnc(C2CNC2)c(Br)c1. The molecule has 0 amide bonds. The summed E-state index contributed by atoms with van der Waals surface area (Å²) in [4.78, 5) is 4.04. The molecule has 1 aromatic rings. The van der Waals surface area contributed by atoms with Crippen molar-refractivity contribution in [3.63, 3.8) is 0 Å². The van der Waals surface area contributed by atoms with E-state index < -0.39 is 0 Å². The molecule has 0 radical (unpaired) electrons. The van der Waals surface area contributed by atoms with Gasteiger partial charge in [0, 0.05) is 23.5 Å². The normalized spacial score (nSPS) is 17.5. The van der Waals surface area contributed by atoms with Crippen LogP contribution in [0.15, 0.2) is 16.7 Å². The maximum Gasteiger partial charge on any atom is 0.142 e. The highest BCUT2D eigenvalue weighted by atomic mass is 79.9. The average molecular weight is 231 g/mol. The molecule has 4 heteroatoms. The topological polar surface area (TPSA) is 24.9 Å². The van der Waals surface area contributed by atoms with Gasteiger partial charge in [-0.3, -0.25) is 4.98 Å². The lowest BCUT2D eigenvalue weighted by Crippen LogP contribution is -2.40. The summed E-state index contributed by atoms with van der Waals surface area (Å²) in [6, 6.07) is 1.46. The Labute approximate surface area is 78.3 Å². The second kappa shape index (κ2) is 3.11. The largest absolute Gasteiger partial charge is 0.315 e. The van der Waals surface area contributed by atoms with E-state index >= 15 is 0 Å². The summed E-state index contributed by atoms with van der Waals surface area (Å²) in [6.45, 7) is 1.88. The standard InChI is InChI=1S/C8H8BrFN2/c9-7-1-6(10)4-12-8(7)5-2-11-3-5/h1,4-5,11H,2-3H2. The van der Waals surface area contributed by atoms with Crippen LogP contribution in [-0.2, 0) is 0 Å². The number of pyridine rings is 1. The van der Waals surface area contributed by atoms with Crippen LogP contribution in [0, 0.1) is 5.82 Å². The molecule has 2 heterocycles. The van der Waals surface area contributed by atoms with Crippen molar-refractivity contribution >= 4 is 15.9 Å². The van der Waals surface area contributed by atoms with E-state index in [1.54, 1.807) is 0 Å². The smallest absolute Gasteiger partial charge is 0.142 e. The number of nitrogens with one attached hydrogen (secondary N) is 1. The molecule has 0 unspecified atom stereocenters. The Morgan fingerprint density at radius 2 is 2.33 bits per heavy atom. The molecule has 64 valence electrons. The van der Waals surface area contributed by atoms with Crippen molar-refractivity contribution in [2.45, 2.75) is 5.92 Å². The van der Waals surface area contributed by atoms with Gasteiger partial charge in [0.05, 0.1) is 11.9 Å². The van der Waals surface area contributed by atoms with Crippen molar-refractivity contribution in [2.75, 3.05) is 13.1 Å². The summed E-state index contributed by atoms with van der Waals surface area (Å²) in [6.07, 6.45) is 1.26. The van der Waals surface area contributed by atoms with Gasteiger partial charge in [-0.05, 0) is 22.0 Å². The molecule has 0 bridgehead atoms. The van der Waals surface area contributed by atoms with Crippen LogP contribution < -0.4 is 5.32 Å². The lowest BCUT2D eigenvalue weighted by molar-refractivity contribution is 0.437. The Morgan fingerprint density at radius 1 is 1.58 bits per heavy atom. The van der Waals surface area contributed by atoms with E-state index in [0.717, 1.165) is 23.3 Å². The Balaban J connectivity index is 2.31. The lowest BCUT2D eigenvalue weighted by Gasteiger charge is -2.27. The first-order valence-corrected chi connectivity index (χ1v) is 4.58. The van der Waals surface area contributed by atoms with Crippen molar-refractivity contribution in [2.24, 2.45) is 0 Å². The first-order chi connectivity index (χ1) is 5.77. The second-order valence-electron chi connectivity index (χ2n) is 2.88. The third kappa shape index (κ3) is 1.36. The van der Waals surface area contributed by atoms with E-state index in [1.165, 1.54) is 12.3 Å². The fourth-order valence-electron chi connectivity index (χ4n) is 1.21. The Hall–Kier alpha value is -0.480. The molecule has 0 saturated carbocycles. The van der Waals surface area contributed by atoms with E-state index in [4.69, 9.17) is 0 Å². The minimum absolute atomic E-state index is 0.294. The maximum atomic E-state index is 12.6. The van der Waals surface area contributed by atoms with Gasteiger partial charge in [0.2, 0.25) is 0 Å². The minimum Gasteiger partial charge on any atom is -0.315 e. The highest BCUT2D eigenvalue weighted by Crippen LogP contribution is 2.25. The van der Waals surface area contributed by atoms with Crippen LogP contribution in [0.1, 0.15) is 11.6 Å². The predicted octanol–water partition coefficient (Wildman–Crippen LogP) is 1.67. The van der Waals surface area contributed by atoms with Crippen LogP contribution in [0.3, 0.4) is 0 Å². The molecule has 0 aromatic carbocycles. The number of hydrogen-bond donors (Lipinski definition) is 1. The zero-order chi connectivity index (χ0) is 8.55. The Kier molecular flexibility index (Phi) is 2.11. The van der Waals surface area contributed by atoms with Crippen molar-refractivity contribution in [1.82, 2.24) is 10.3 Å². The summed E-state index contributed by atoms with van der Waals surface area (Å²) in [7, 11) is 0. The zero-order valence-electron chi connectivity index (χ0n) is 6.35. The maximum absolute atomic E-state index is 12.6. The second-order valence-corrected chi connectivity index (χ2v) is 3.73. The minimum atomic E-state index is -0.294. The number of halogens is 2. The van der Waals surface area contributed by atoms with E-state index in [1.807, 2.05) is 0 Å². The number of rotatable bonds is 1. The van der Waals surface area contributed by atoms with Crippen LogP contribution in [-0.4, -0.2) is 18.1 Å². The van der Waals surface area contributed by atoms with E-state index in [9.17, 15) is 4.39 Å². The molecule has 1 aliphatic heterocycles. The van der Waals surface area contributed by atoms with E-state index in [2.05, 4.69) is 26.2 Å². The quantitative estimate of drug-likeness (QED) is 0.795. The fraction of sp³-hybridized carbons (Fsp3) is 0.375. The van der Waals surface area contributed by atoms with Crippen LogP contribution >= 0.6 is 15.9 Å². The van der Waals surface area contributed by atoms with Crippen LogP contribution in [0.25, 0.3) is 0 Å². The molecule has 2 nitrogen and oxygen atoms in total. The number of aromatic nitrogens is 1. The van der Waals surface area contributed by atoms with Crippen molar-refractivity contribution < 1.29 is 4.39 Å².